The standard InChI is InChI=1S/C19H32N2O7S/c1-29(23,24)21-10-6-12-26-14-16-27-15-13-25-11-5-9-20-19(22)28-17-18-7-3-2-4-8-18/h2-4,7-8,21H,5-6,9-17H2,1H3,(H,20,22). The molecule has 0 radical (unpaired) electrons. The summed E-state index contributed by atoms with van der Waals surface area (Å²) < 4.78 is 45.3. The fraction of sp³-hybridized carbons (Fsp3) is 0.632. The molecule has 2 N–H and O–H groups in total. The van der Waals surface area contributed by atoms with Gasteiger partial charge in [-0.2, -0.15) is 0 Å². The number of hydrogen-bond acceptors (Lipinski definition) is 7. The lowest BCUT2D eigenvalue weighted by Crippen LogP contribution is -2.26. The number of carbonyl (C=O) groups excluding carboxylic acids is 1. The minimum absolute atomic E-state index is 0.252. The third-order valence-electron chi connectivity index (χ3n) is 3.52. The Balaban J connectivity index is 1.78. The highest BCUT2D eigenvalue weighted by atomic mass is 32.2. The lowest BCUT2D eigenvalue weighted by Gasteiger charge is -2.08. The number of alkyl carbamates (subject to hydrolysis) is 1. The second kappa shape index (κ2) is 16.1. The van der Waals surface area contributed by atoms with Gasteiger partial charge >= 0.3 is 6.09 Å². The molecule has 0 aliphatic rings. The minimum atomic E-state index is -3.13. The zero-order valence-electron chi connectivity index (χ0n) is 16.9. The molecule has 1 aromatic rings. The molecule has 0 bridgehead atoms. The van der Waals surface area contributed by atoms with Gasteiger partial charge in [-0.1, -0.05) is 30.3 Å². The van der Waals surface area contributed by atoms with Gasteiger partial charge in [0.05, 0.1) is 32.7 Å². The molecular weight excluding hydrogens is 400 g/mol. The van der Waals surface area contributed by atoms with E-state index in [-0.39, 0.29) is 6.61 Å². The molecular formula is C19H32N2O7S. The first-order chi connectivity index (χ1) is 14.0. The van der Waals surface area contributed by atoms with Crippen LogP contribution in [-0.4, -0.2) is 73.5 Å². The molecule has 0 aliphatic heterocycles. The average Bonchev–Trinajstić information content (AvgIpc) is 2.69. The van der Waals surface area contributed by atoms with Crippen LogP contribution in [0.2, 0.25) is 0 Å². The van der Waals surface area contributed by atoms with Gasteiger partial charge in [0.1, 0.15) is 6.61 Å². The van der Waals surface area contributed by atoms with Gasteiger partial charge in [-0.05, 0) is 18.4 Å². The zero-order chi connectivity index (χ0) is 21.2. The Morgan fingerprint density at radius 3 is 2.00 bits per heavy atom. The molecule has 0 fully saturated rings. The van der Waals surface area contributed by atoms with Crippen molar-refractivity contribution >= 4 is 16.1 Å². The average molecular weight is 433 g/mol. The number of nitrogens with one attached hydrogen (secondary N) is 2. The zero-order valence-corrected chi connectivity index (χ0v) is 17.7. The third kappa shape index (κ3) is 16.9. The van der Waals surface area contributed by atoms with Crippen molar-refractivity contribution in [1.29, 1.82) is 0 Å². The number of benzene rings is 1. The van der Waals surface area contributed by atoms with Gasteiger partial charge in [-0.15, -0.1) is 0 Å². The summed E-state index contributed by atoms with van der Waals surface area (Å²) in [5, 5.41) is 2.67. The van der Waals surface area contributed by atoms with E-state index in [0.29, 0.717) is 65.6 Å². The van der Waals surface area contributed by atoms with E-state index in [2.05, 4.69) is 10.0 Å². The summed E-state index contributed by atoms with van der Waals surface area (Å²) in [6, 6.07) is 9.50. The monoisotopic (exact) mass is 432 g/mol. The maximum atomic E-state index is 11.5. The SMILES string of the molecule is CS(=O)(=O)NCCCOCCOCCOCCCNC(=O)OCc1ccccc1. The van der Waals surface area contributed by atoms with Gasteiger partial charge in [-0.25, -0.2) is 17.9 Å². The van der Waals surface area contributed by atoms with E-state index in [0.717, 1.165) is 11.8 Å². The number of rotatable bonds is 17. The van der Waals surface area contributed by atoms with Crippen LogP contribution in [0, 0.1) is 0 Å². The molecule has 0 atom stereocenters. The summed E-state index contributed by atoms with van der Waals surface area (Å²) in [6.07, 6.45) is 1.99. The first-order valence-electron chi connectivity index (χ1n) is 9.60. The lowest BCUT2D eigenvalue weighted by molar-refractivity contribution is 0.0140. The first-order valence-corrected chi connectivity index (χ1v) is 11.5. The van der Waals surface area contributed by atoms with Gasteiger partial charge in [0.15, 0.2) is 0 Å². The van der Waals surface area contributed by atoms with Crippen molar-refractivity contribution in [2.75, 3.05) is 59.0 Å². The Morgan fingerprint density at radius 2 is 1.41 bits per heavy atom. The first kappa shape index (κ1) is 25.3. The molecule has 166 valence electrons. The van der Waals surface area contributed by atoms with Crippen molar-refractivity contribution in [3.05, 3.63) is 35.9 Å². The van der Waals surface area contributed by atoms with Crippen LogP contribution in [-0.2, 0) is 35.6 Å². The Morgan fingerprint density at radius 1 is 0.862 bits per heavy atom. The van der Waals surface area contributed by atoms with E-state index in [1.54, 1.807) is 0 Å². The molecule has 0 aromatic heterocycles. The van der Waals surface area contributed by atoms with Crippen LogP contribution in [0.4, 0.5) is 4.79 Å². The Kier molecular flexibility index (Phi) is 14.1. The van der Waals surface area contributed by atoms with Crippen molar-refractivity contribution in [3.8, 4) is 0 Å². The van der Waals surface area contributed by atoms with Crippen molar-refractivity contribution in [1.82, 2.24) is 10.0 Å². The minimum Gasteiger partial charge on any atom is -0.445 e. The second-order valence-electron chi connectivity index (χ2n) is 6.20. The summed E-state index contributed by atoms with van der Waals surface area (Å²) in [6.45, 7) is 3.94. The molecule has 0 unspecified atom stereocenters. The van der Waals surface area contributed by atoms with Gasteiger partial charge in [0, 0.05) is 26.3 Å². The van der Waals surface area contributed by atoms with E-state index in [1.807, 2.05) is 30.3 Å². The van der Waals surface area contributed by atoms with Crippen LogP contribution in [0.15, 0.2) is 30.3 Å². The smallest absolute Gasteiger partial charge is 0.407 e. The van der Waals surface area contributed by atoms with E-state index in [1.165, 1.54) is 0 Å². The highest BCUT2D eigenvalue weighted by Crippen LogP contribution is 2.00. The molecule has 10 heteroatoms. The highest BCUT2D eigenvalue weighted by Gasteiger charge is 2.02. The number of sulfonamides is 1. The molecule has 1 amide bonds. The fourth-order valence-electron chi connectivity index (χ4n) is 2.11. The summed E-state index contributed by atoms with van der Waals surface area (Å²) in [5.41, 5.74) is 0.945. The van der Waals surface area contributed by atoms with Crippen molar-refractivity contribution in [3.63, 3.8) is 0 Å². The number of hydrogen-bond donors (Lipinski definition) is 2. The Hall–Kier alpha value is -1.72. The van der Waals surface area contributed by atoms with Gasteiger partial charge in [-0.3, -0.25) is 0 Å². The molecule has 0 spiro atoms. The van der Waals surface area contributed by atoms with E-state index < -0.39 is 16.1 Å². The fourth-order valence-corrected chi connectivity index (χ4v) is 2.63. The highest BCUT2D eigenvalue weighted by molar-refractivity contribution is 7.88. The number of ether oxygens (including phenoxy) is 4. The maximum absolute atomic E-state index is 11.5. The molecule has 9 nitrogen and oxygen atoms in total. The quantitative estimate of drug-likeness (QED) is 0.357. The molecule has 1 aromatic carbocycles. The van der Waals surface area contributed by atoms with Gasteiger partial charge in [0.2, 0.25) is 10.0 Å². The predicted molar refractivity (Wildman–Crippen MR) is 109 cm³/mol. The van der Waals surface area contributed by atoms with Crippen molar-refractivity contribution in [2.45, 2.75) is 19.4 Å². The molecule has 0 saturated carbocycles. The summed E-state index contributed by atoms with van der Waals surface area (Å²) in [4.78, 5) is 11.5. The molecule has 29 heavy (non-hydrogen) atoms. The molecule has 1 rings (SSSR count). The summed E-state index contributed by atoms with van der Waals surface area (Å²) >= 11 is 0. The van der Waals surface area contributed by atoms with Crippen LogP contribution in [0.25, 0.3) is 0 Å². The van der Waals surface area contributed by atoms with Crippen molar-refractivity contribution < 1.29 is 32.2 Å². The lowest BCUT2D eigenvalue weighted by atomic mass is 10.2. The van der Waals surface area contributed by atoms with Crippen LogP contribution in [0.5, 0.6) is 0 Å². The van der Waals surface area contributed by atoms with Gasteiger partial charge < -0.3 is 24.3 Å². The maximum Gasteiger partial charge on any atom is 0.407 e. The number of amides is 1. The van der Waals surface area contributed by atoms with Crippen LogP contribution < -0.4 is 10.0 Å². The van der Waals surface area contributed by atoms with Crippen LogP contribution in [0.3, 0.4) is 0 Å². The number of carbonyl (C=O) groups is 1. The largest absolute Gasteiger partial charge is 0.445 e. The Labute approximate surface area is 173 Å². The second-order valence-corrected chi connectivity index (χ2v) is 8.03. The molecule has 0 heterocycles. The predicted octanol–water partition coefficient (Wildman–Crippen LogP) is 1.29. The summed E-state index contributed by atoms with van der Waals surface area (Å²) in [7, 11) is -3.13. The van der Waals surface area contributed by atoms with E-state index >= 15 is 0 Å². The molecule has 0 saturated heterocycles. The van der Waals surface area contributed by atoms with Crippen LogP contribution >= 0.6 is 0 Å². The summed E-state index contributed by atoms with van der Waals surface area (Å²) in [5.74, 6) is 0. The molecule has 0 aliphatic carbocycles. The van der Waals surface area contributed by atoms with E-state index in [4.69, 9.17) is 18.9 Å². The topological polar surface area (TPSA) is 112 Å². The van der Waals surface area contributed by atoms with Gasteiger partial charge in [0.25, 0.3) is 0 Å². The van der Waals surface area contributed by atoms with E-state index in [9.17, 15) is 13.2 Å². The Bertz CT molecular complexity index is 641. The normalized spacial score (nSPS) is 11.3. The third-order valence-corrected chi connectivity index (χ3v) is 4.25. The van der Waals surface area contributed by atoms with Crippen LogP contribution in [0.1, 0.15) is 18.4 Å². The van der Waals surface area contributed by atoms with Crippen molar-refractivity contribution in [2.24, 2.45) is 0 Å².